The molecule has 0 saturated carbocycles. The predicted octanol–water partition coefficient (Wildman–Crippen LogP) is 3.04. The molecule has 0 aliphatic carbocycles. The molecule has 0 radical (unpaired) electrons. The van der Waals surface area contributed by atoms with E-state index in [0.717, 1.165) is 42.7 Å². The first-order chi connectivity index (χ1) is 8.82. The van der Waals surface area contributed by atoms with E-state index in [1.54, 1.807) is 0 Å². The number of rotatable bonds is 3. The third-order valence-electron chi connectivity index (χ3n) is 4.16. The number of aromatic hydroxyl groups is 1. The van der Waals surface area contributed by atoms with Crippen molar-refractivity contribution in [3.8, 4) is 11.5 Å². The molecule has 3 nitrogen and oxygen atoms in total. The van der Waals surface area contributed by atoms with Gasteiger partial charge in [0.15, 0.2) is 0 Å². The molecule has 1 aromatic rings. The maximum absolute atomic E-state index is 9.90. The van der Waals surface area contributed by atoms with Gasteiger partial charge in [-0.25, -0.2) is 0 Å². The van der Waals surface area contributed by atoms with E-state index in [2.05, 4.69) is 25.9 Å². The van der Waals surface area contributed by atoms with Gasteiger partial charge in [-0.05, 0) is 71.3 Å². The number of benzene rings is 1. The molecule has 0 fully saturated rings. The molecule has 1 heterocycles. The van der Waals surface area contributed by atoms with E-state index >= 15 is 0 Å². The Morgan fingerprint density at radius 3 is 2.68 bits per heavy atom. The molecule has 0 aromatic heterocycles. The van der Waals surface area contributed by atoms with Crippen molar-refractivity contribution in [3.63, 3.8) is 0 Å². The van der Waals surface area contributed by atoms with Gasteiger partial charge in [-0.2, -0.15) is 0 Å². The van der Waals surface area contributed by atoms with Gasteiger partial charge in [0.05, 0.1) is 0 Å². The monoisotopic (exact) mass is 263 g/mol. The lowest BCUT2D eigenvalue weighted by molar-refractivity contribution is 0.0481. The molecule has 1 aliphatic heterocycles. The topological polar surface area (TPSA) is 32.7 Å². The highest BCUT2D eigenvalue weighted by atomic mass is 16.5. The molecular weight excluding hydrogens is 238 g/mol. The fraction of sp³-hybridized carbons (Fsp3) is 0.625. The first-order valence-electron chi connectivity index (χ1n) is 6.98. The smallest absolute Gasteiger partial charge is 0.126 e. The highest BCUT2D eigenvalue weighted by Crippen LogP contribution is 2.41. The Morgan fingerprint density at radius 1 is 1.37 bits per heavy atom. The van der Waals surface area contributed by atoms with Gasteiger partial charge >= 0.3 is 0 Å². The van der Waals surface area contributed by atoms with Gasteiger partial charge in [-0.3, -0.25) is 0 Å². The minimum absolute atomic E-state index is 0.0918. The zero-order valence-corrected chi connectivity index (χ0v) is 12.7. The fourth-order valence-corrected chi connectivity index (χ4v) is 2.71. The molecule has 2 rings (SSSR count). The molecule has 1 aliphatic rings. The Kier molecular flexibility index (Phi) is 3.77. The summed E-state index contributed by atoms with van der Waals surface area (Å²) in [5.41, 5.74) is 3.09. The molecule has 106 valence electrons. The fourth-order valence-electron chi connectivity index (χ4n) is 2.71. The average Bonchev–Trinajstić information content (AvgIpc) is 2.34. The second-order valence-corrected chi connectivity index (χ2v) is 6.25. The first-order valence-corrected chi connectivity index (χ1v) is 6.98. The van der Waals surface area contributed by atoms with Crippen molar-refractivity contribution in [1.82, 2.24) is 4.90 Å². The third-order valence-corrected chi connectivity index (χ3v) is 4.16. The quantitative estimate of drug-likeness (QED) is 0.910. The van der Waals surface area contributed by atoms with E-state index in [1.165, 1.54) is 5.56 Å². The molecule has 1 atom stereocenters. The van der Waals surface area contributed by atoms with E-state index in [9.17, 15) is 5.11 Å². The number of hydrogen-bond acceptors (Lipinski definition) is 3. The van der Waals surface area contributed by atoms with E-state index < -0.39 is 0 Å². The minimum atomic E-state index is -0.0918. The minimum Gasteiger partial charge on any atom is -0.508 e. The summed E-state index contributed by atoms with van der Waals surface area (Å²) in [6, 6.07) is 1.81. The molecular formula is C16H25NO2. The molecule has 3 heteroatoms. The second-order valence-electron chi connectivity index (χ2n) is 6.25. The summed E-state index contributed by atoms with van der Waals surface area (Å²) in [5, 5.41) is 9.90. The van der Waals surface area contributed by atoms with Gasteiger partial charge in [-0.1, -0.05) is 0 Å². The largest absolute Gasteiger partial charge is 0.508 e. The van der Waals surface area contributed by atoms with Crippen LogP contribution in [0.1, 0.15) is 36.5 Å². The Bertz CT molecular complexity index is 482. The van der Waals surface area contributed by atoms with E-state index in [1.807, 2.05) is 19.9 Å². The van der Waals surface area contributed by atoms with Gasteiger partial charge in [0, 0.05) is 12.1 Å². The van der Waals surface area contributed by atoms with Gasteiger partial charge in [0.25, 0.3) is 0 Å². The van der Waals surface area contributed by atoms with Crippen molar-refractivity contribution in [1.29, 1.82) is 0 Å². The van der Waals surface area contributed by atoms with Crippen molar-refractivity contribution in [3.05, 3.63) is 22.8 Å². The highest BCUT2D eigenvalue weighted by molar-refractivity contribution is 5.53. The van der Waals surface area contributed by atoms with Crippen LogP contribution < -0.4 is 4.74 Å². The Balaban J connectivity index is 2.27. The molecule has 19 heavy (non-hydrogen) atoms. The zero-order chi connectivity index (χ0) is 14.2. The summed E-state index contributed by atoms with van der Waals surface area (Å²) < 4.78 is 6.30. The Morgan fingerprint density at radius 2 is 2.05 bits per heavy atom. The number of phenols is 1. The number of hydrogen-bond donors (Lipinski definition) is 1. The molecule has 1 N–H and O–H groups in total. The van der Waals surface area contributed by atoms with Crippen LogP contribution in [0.15, 0.2) is 6.07 Å². The Hall–Kier alpha value is -1.22. The van der Waals surface area contributed by atoms with Crippen LogP contribution in [-0.2, 0) is 6.42 Å². The number of ether oxygens (including phenoxy) is 1. The number of nitrogens with zero attached hydrogens (tertiary/aromatic N) is 1. The second kappa shape index (κ2) is 5.04. The van der Waals surface area contributed by atoms with Crippen LogP contribution in [0.25, 0.3) is 0 Å². The van der Waals surface area contributed by atoms with Crippen LogP contribution in [0, 0.1) is 13.8 Å². The average molecular weight is 263 g/mol. The Labute approximate surface area is 116 Å². The lowest BCUT2D eigenvalue weighted by Gasteiger charge is -2.38. The van der Waals surface area contributed by atoms with Crippen LogP contribution in [-0.4, -0.2) is 36.2 Å². The van der Waals surface area contributed by atoms with Crippen LogP contribution >= 0.6 is 0 Å². The first kappa shape index (κ1) is 14.2. The van der Waals surface area contributed by atoms with Gasteiger partial charge in [-0.15, -0.1) is 0 Å². The molecule has 0 amide bonds. The normalized spacial score (nSPS) is 22.2. The van der Waals surface area contributed by atoms with Crippen molar-refractivity contribution in [2.75, 3.05) is 20.6 Å². The summed E-state index contributed by atoms with van der Waals surface area (Å²) in [7, 11) is 4.18. The van der Waals surface area contributed by atoms with Crippen molar-refractivity contribution >= 4 is 0 Å². The third kappa shape index (κ3) is 2.86. The van der Waals surface area contributed by atoms with Crippen LogP contribution in [0.3, 0.4) is 0 Å². The summed E-state index contributed by atoms with van der Waals surface area (Å²) in [6.45, 7) is 7.21. The maximum atomic E-state index is 9.90. The van der Waals surface area contributed by atoms with Crippen LogP contribution in [0.2, 0.25) is 0 Å². The predicted molar refractivity (Wildman–Crippen MR) is 78.1 cm³/mol. The molecule has 0 bridgehead atoms. The summed E-state index contributed by atoms with van der Waals surface area (Å²) >= 11 is 0. The lowest BCUT2D eigenvalue weighted by atomic mass is 9.87. The van der Waals surface area contributed by atoms with E-state index in [0.29, 0.717) is 5.75 Å². The van der Waals surface area contributed by atoms with Gasteiger partial charge in [0.2, 0.25) is 0 Å². The van der Waals surface area contributed by atoms with Crippen LogP contribution in [0.4, 0.5) is 0 Å². The van der Waals surface area contributed by atoms with Gasteiger partial charge < -0.3 is 14.7 Å². The van der Waals surface area contributed by atoms with Crippen molar-refractivity contribution < 1.29 is 9.84 Å². The summed E-state index contributed by atoms with van der Waals surface area (Å²) in [5.74, 6) is 1.37. The lowest BCUT2D eigenvalue weighted by Crippen LogP contribution is -2.39. The molecule has 1 aromatic carbocycles. The zero-order valence-electron chi connectivity index (χ0n) is 12.7. The standard InChI is InChI=1S/C16H25NO2/c1-11-10-14(18)12(2)13-6-7-16(3,19-15(11)13)8-9-17(4)5/h10,18H,6-9H2,1-5H3. The number of aryl methyl sites for hydroxylation is 1. The molecule has 0 spiro atoms. The number of fused-ring (bicyclic) bond motifs is 1. The summed E-state index contributed by atoms with van der Waals surface area (Å²) in [4.78, 5) is 2.19. The van der Waals surface area contributed by atoms with Crippen LogP contribution in [0.5, 0.6) is 11.5 Å². The SMILES string of the molecule is Cc1cc(O)c(C)c2c1OC(C)(CCN(C)C)CC2. The van der Waals surface area contributed by atoms with E-state index in [-0.39, 0.29) is 5.60 Å². The van der Waals surface area contributed by atoms with Crippen molar-refractivity contribution in [2.24, 2.45) is 0 Å². The molecule has 1 unspecified atom stereocenters. The molecule has 0 saturated heterocycles. The maximum Gasteiger partial charge on any atom is 0.126 e. The van der Waals surface area contributed by atoms with E-state index in [4.69, 9.17) is 4.74 Å². The summed E-state index contributed by atoms with van der Waals surface area (Å²) in [6.07, 6.45) is 3.02. The number of phenolic OH excluding ortho intramolecular Hbond substituents is 1. The van der Waals surface area contributed by atoms with Crippen molar-refractivity contribution in [2.45, 2.75) is 45.6 Å². The highest BCUT2D eigenvalue weighted by Gasteiger charge is 2.33. The van der Waals surface area contributed by atoms with Gasteiger partial charge in [0.1, 0.15) is 17.1 Å².